The Morgan fingerprint density at radius 2 is 2.10 bits per heavy atom. The van der Waals surface area contributed by atoms with Gasteiger partial charge in [-0.05, 0) is 39.5 Å². The first-order chi connectivity index (χ1) is 9.45. The molecule has 6 heteroatoms. The number of aromatic nitrogens is 2. The summed E-state index contributed by atoms with van der Waals surface area (Å²) in [7, 11) is 0. The Hall–Kier alpha value is -1.43. The lowest BCUT2D eigenvalue weighted by atomic mass is 9.95. The van der Waals surface area contributed by atoms with Crippen molar-refractivity contribution in [2.45, 2.75) is 56.9 Å². The van der Waals surface area contributed by atoms with Gasteiger partial charge in [0, 0.05) is 24.9 Å². The van der Waals surface area contributed by atoms with E-state index >= 15 is 0 Å². The normalized spacial score (nSPS) is 23.9. The highest BCUT2D eigenvalue weighted by molar-refractivity contribution is 5.85. The second-order valence-electron chi connectivity index (χ2n) is 6.58. The van der Waals surface area contributed by atoms with E-state index in [2.05, 4.69) is 10.1 Å². The highest BCUT2D eigenvalue weighted by atomic mass is 16.5. The Bertz CT molecular complexity index is 502. The number of carbonyl (C=O) groups is 1. The zero-order valence-corrected chi connectivity index (χ0v) is 12.1. The van der Waals surface area contributed by atoms with Gasteiger partial charge in [-0.2, -0.15) is 4.98 Å². The topological polar surface area (TPSA) is 85.3 Å². The first kappa shape index (κ1) is 13.5. The van der Waals surface area contributed by atoms with Gasteiger partial charge in [0.15, 0.2) is 5.82 Å². The van der Waals surface area contributed by atoms with Crippen LogP contribution in [0, 0.1) is 0 Å². The smallest absolute Gasteiger partial charge is 0.242 e. The molecule has 1 atom stereocenters. The molecule has 2 aliphatic rings. The van der Waals surface area contributed by atoms with Gasteiger partial charge in [0.2, 0.25) is 11.8 Å². The summed E-state index contributed by atoms with van der Waals surface area (Å²) in [4.78, 5) is 18.6. The lowest BCUT2D eigenvalue weighted by molar-refractivity contribution is -0.137. The zero-order chi connectivity index (χ0) is 14.3. The number of nitrogens with two attached hydrogens (primary N) is 1. The van der Waals surface area contributed by atoms with E-state index in [1.165, 1.54) is 0 Å². The van der Waals surface area contributed by atoms with E-state index in [0.29, 0.717) is 12.5 Å². The van der Waals surface area contributed by atoms with Gasteiger partial charge in [-0.25, -0.2) is 0 Å². The number of hydrogen-bond acceptors (Lipinski definition) is 5. The third kappa shape index (κ3) is 2.70. The third-order valence-corrected chi connectivity index (χ3v) is 4.01. The van der Waals surface area contributed by atoms with Crippen LogP contribution < -0.4 is 5.73 Å². The van der Waals surface area contributed by atoms with Crippen molar-refractivity contribution in [1.29, 1.82) is 0 Å². The minimum absolute atomic E-state index is 0.00638. The van der Waals surface area contributed by atoms with E-state index < -0.39 is 5.54 Å². The first-order valence-electron chi connectivity index (χ1n) is 7.37. The van der Waals surface area contributed by atoms with Gasteiger partial charge in [0.1, 0.15) is 0 Å². The summed E-state index contributed by atoms with van der Waals surface area (Å²) in [5.74, 6) is 2.15. The molecular weight excluding hydrogens is 256 g/mol. The highest BCUT2D eigenvalue weighted by Crippen LogP contribution is 2.39. The van der Waals surface area contributed by atoms with Gasteiger partial charge in [0.25, 0.3) is 0 Å². The van der Waals surface area contributed by atoms with E-state index in [0.717, 1.165) is 43.9 Å². The molecule has 1 aliphatic heterocycles. The number of hydrogen-bond donors (Lipinski definition) is 1. The van der Waals surface area contributed by atoms with Crippen LogP contribution in [0.15, 0.2) is 4.52 Å². The number of nitrogens with zero attached hydrogens (tertiary/aromatic N) is 3. The molecule has 20 heavy (non-hydrogen) atoms. The molecule has 110 valence electrons. The second kappa shape index (κ2) is 4.84. The van der Waals surface area contributed by atoms with Crippen LogP contribution in [0.4, 0.5) is 0 Å². The second-order valence-corrected chi connectivity index (χ2v) is 6.58. The number of amides is 1. The molecule has 2 N–H and O–H groups in total. The molecule has 0 radical (unpaired) electrons. The largest absolute Gasteiger partial charge is 0.340 e. The maximum atomic E-state index is 12.3. The van der Waals surface area contributed by atoms with Crippen LogP contribution in [0.1, 0.15) is 63.1 Å². The quantitative estimate of drug-likeness (QED) is 0.903. The van der Waals surface area contributed by atoms with E-state index in [1.54, 1.807) is 13.8 Å². The number of carbonyl (C=O) groups excluding carboxylic acids is 1. The third-order valence-electron chi connectivity index (χ3n) is 4.01. The molecule has 6 nitrogen and oxygen atoms in total. The summed E-state index contributed by atoms with van der Waals surface area (Å²) in [6, 6.07) is 0. The Kier molecular flexibility index (Phi) is 3.28. The Balaban J connectivity index is 1.69. The van der Waals surface area contributed by atoms with Crippen molar-refractivity contribution in [2.24, 2.45) is 5.73 Å². The molecule has 0 spiro atoms. The summed E-state index contributed by atoms with van der Waals surface area (Å²) in [5, 5.41) is 4.10. The van der Waals surface area contributed by atoms with E-state index in [9.17, 15) is 4.79 Å². The van der Waals surface area contributed by atoms with Crippen LogP contribution in [0.3, 0.4) is 0 Å². The summed E-state index contributed by atoms with van der Waals surface area (Å²) >= 11 is 0. The maximum absolute atomic E-state index is 12.3. The monoisotopic (exact) mass is 278 g/mol. The van der Waals surface area contributed by atoms with Gasteiger partial charge < -0.3 is 15.2 Å². The van der Waals surface area contributed by atoms with E-state index in [-0.39, 0.29) is 11.8 Å². The van der Waals surface area contributed by atoms with Crippen molar-refractivity contribution in [1.82, 2.24) is 15.0 Å². The molecule has 3 rings (SSSR count). The SMILES string of the molecule is CC(C)(N)C(=O)N1CCCC(c2noc(C3CC3)n2)C1. The average Bonchev–Trinajstić information content (AvgIpc) is 3.15. The van der Waals surface area contributed by atoms with Gasteiger partial charge in [-0.15, -0.1) is 0 Å². The molecule has 1 amide bonds. The van der Waals surface area contributed by atoms with Crippen molar-refractivity contribution in [2.75, 3.05) is 13.1 Å². The molecule has 0 aromatic carbocycles. The number of likely N-dealkylation sites (tertiary alicyclic amines) is 1. The zero-order valence-electron chi connectivity index (χ0n) is 12.1. The van der Waals surface area contributed by atoms with E-state index in [4.69, 9.17) is 10.3 Å². The summed E-state index contributed by atoms with van der Waals surface area (Å²) < 4.78 is 5.32. The molecule has 1 aliphatic carbocycles. The molecule has 1 aromatic heterocycles. The Labute approximate surface area is 118 Å². The fourth-order valence-corrected chi connectivity index (χ4v) is 2.69. The van der Waals surface area contributed by atoms with Crippen LogP contribution >= 0.6 is 0 Å². The van der Waals surface area contributed by atoms with Crippen molar-refractivity contribution in [3.8, 4) is 0 Å². The molecule has 2 heterocycles. The Morgan fingerprint density at radius 3 is 2.75 bits per heavy atom. The Morgan fingerprint density at radius 1 is 1.35 bits per heavy atom. The molecule has 1 saturated carbocycles. The lowest BCUT2D eigenvalue weighted by Gasteiger charge is -2.35. The van der Waals surface area contributed by atoms with Crippen LogP contribution in [0.5, 0.6) is 0 Å². The molecule has 1 aromatic rings. The molecule has 1 saturated heterocycles. The number of rotatable bonds is 3. The van der Waals surface area contributed by atoms with Crippen molar-refractivity contribution in [3.05, 3.63) is 11.7 Å². The molecule has 2 fully saturated rings. The average molecular weight is 278 g/mol. The minimum atomic E-state index is -0.821. The highest BCUT2D eigenvalue weighted by Gasteiger charge is 2.35. The summed E-state index contributed by atoms with van der Waals surface area (Å²) in [5.41, 5.74) is 5.08. The number of piperidine rings is 1. The predicted octanol–water partition coefficient (Wildman–Crippen LogP) is 1.39. The fourth-order valence-electron chi connectivity index (χ4n) is 2.69. The van der Waals surface area contributed by atoms with Gasteiger partial charge in [0.05, 0.1) is 5.54 Å². The van der Waals surface area contributed by atoms with Crippen molar-refractivity contribution in [3.63, 3.8) is 0 Å². The standard InChI is InChI=1S/C14H22N4O2/c1-14(2,15)13(19)18-7-3-4-10(8-18)11-16-12(20-17-11)9-5-6-9/h9-10H,3-8,15H2,1-2H3. The molecular formula is C14H22N4O2. The first-order valence-corrected chi connectivity index (χ1v) is 7.37. The van der Waals surface area contributed by atoms with Gasteiger partial charge in [-0.3, -0.25) is 4.79 Å². The molecule has 1 unspecified atom stereocenters. The summed E-state index contributed by atoms with van der Waals surface area (Å²) in [6.45, 7) is 4.91. The van der Waals surface area contributed by atoms with E-state index in [1.807, 2.05) is 4.90 Å². The minimum Gasteiger partial charge on any atom is -0.340 e. The summed E-state index contributed by atoms with van der Waals surface area (Å²) in [6.07, 6.45) is 4.26. The maximum Gasteiger partial charge on any atom is 0.242 e. The fraction of sp³-hybridized carbons (Fsp3) is 0.786. The van der Waals surface area contributed by atoms with Crippen molar-refractivity contribution >= 4 is 5.91 Å². The van der Waals surface area contributed by atoms with Crippen LogP contribution in [0.25, 0.3) is 0 Å². The van der Waals surface area contributed by atoms with Crippen LogP contribution in [-0.2, 0) is 4.79 Å². The molecule has 0 bridgehead atoms. The lowest BCUT2D eigenvalue weighted by Crippen LogP contribution is -2.53. The van der Waals surface area contributed by atoms with Crippen LogP contribution in [-0.4, -0.2) is 39.6 Å². The van der Waals surface area contributed by atoms with Gasteiger partial charge >= 0.3 is 0 Å². The van der Waals surface area contributed by atoms with Crippen LogP contribution in [0.2, 0.25) is 0 Å². The predicted molar refractivity (Wildman–Crippen MR) is 73.1 cm³/mol. The van der Waals surface area contributed by atoms with Gasteiger partial charge in [-0.1, -0.05) is 5.16 Å². The van der Waals surface area contributed by atoms with Crippen molar-refractivity contribution < 1.29 is 9.32 Å².